The molecule has 4 nitrogen and oxygen atoms in total. The molecule has 0 aliphatic carbocycles. The number of hydrogen-bond donors (Lipinski definition) is 0. The van der Waals surface area contributed by atoms with Crippen LogP contribution in [-0.2, 0) is 14.3 Å². The van der Waals surface area contributed by atoms with Gasteiger partial charge in [-0.1, -0.05) is 11.6 Å². The van der Waals surface area contributed by atoms with Gasteiger partial charge < -0.3 is 9.47 Å². The first-order chi connectivity index (χ1) is 7.49. The lowest BCUT2D eigenvalue weighted by Crippen LogP contribution is -2.17. The second-order valence-corrected chi connectivity index (χ2v) is 3.60. The van der Waals surface area contributed by atoms with Crippen LogP contribution in [0.3, 0.4) is 0 Å². The molecule has 0 aromatic heterocycles. The molecule has 0 bridgehead atoms. The zero-order valence-corrected chi connectivity index (χ0v) is 9.71. The van der Waals surface area contributed by atoms with E-state index in [1.807, 2.05) is 0 Å². The van der Waals surface area contributed by atoms with E-state index in [-0.39, 0.29) is 6.61 Å². The van der Waals surface area contributed by atoms with Crippen molar-refractivity contribution in [2.45, 2.75) is 13.8 Å². The standard InChI is InChI=1S/C11H11ClO4/c1-7-5-9(12)3-4-10(7)15-6-11(14)16-8(2)13/h3-5H,6H2,1-2H3. The number of benzene rings is 1. The smallest absolute Gasteiger partial charge is 0.351 e. The summed E-state index contributed by atoms with van der Waals surface area (Å²) in [6.07, 6.45) is 0. The second-order valence-electron chi connectivity index (χ2n) is 3.16. The van der Waals surface area contributed by atoms with Crippen molar-refractivity contribution in [1.82, 2.24) is 0 Å². The molecular formula is C11H11ClO4. The Morgan fingerprint density at radius 1 is 1.38 bits per heavy atom. The lowest BCUT2D eigenvalue weighted by molar-refractivity contribution is -0.159. The quantitative estimate of drug-likeness (QED) is 0.602. The summed E-state index contributed by atoms with van der Waals surface area (Å²) in [7, 11) is 0. The van der Waals surface area contributed by atoms with E-state index in [4.69, 9.17) is 16.3 Å². The van der Waals surface area contributed by atoms with Crippen LogP contribution in [0.2, 0.25) is 5.02 Å². The van der Waals surface area contributed by atoms with Gasteiger partial charge in [0.05, 0.1) is 0 Å². The summed E-state index contributed by atoms with van der Waals surface area (Å²) < 4.78 is 9.48. The minimum Gasteiger partial charge on any atom is -0.482 e. The maximum atomic E-state index is 11.0. The maximum Gasteiger partial charge on any atom is 0.351 e. The number of aryl methyl sites for hydroxylation is 1. The van der Waals surface area contributed by atoms with Crippen molar-refractivity contribution in [3.63, 3.8) is 0 Å². The third-order valence-corrected chi connectivity index (χ3v) is 1.98. The van der Waals surface area contributed by atoms with Crippen molar-refractivity contribution in [2.75, 3.05) is 6.61 Å². The third kappa shape index (κ3) is 3.90. The summed E-state index contributed by atoms with van der Waals surface area (Å²) in [6, 6.07) is 5.02. The molecule has 1 aromatic rings. The van der Waals surface area contributed by atoms with E-state index in [1.54, 1.807) is 25.1 Å². The molecular weight excluding hydrogens is 232 g/mol. The van der Waals surface area contributed by atoms with Crippen molar-refractivity contribution in [2.24, 2.45) is 0 Å². The van der Waals surface area contributed by atoms with Gasteiger partial charge in [0.1, 0.15) is 5.75 Å². The monoisotopic (exact) mass is 242 g/mol. The highest BCUT2D eigenvalue weighted by atomic mass is 35.5. The summed E-state index contributed by atoms with van der Waals surface area (Å²) in [6.45, 7) is 2.66. The predicted octanol–water partition coefficient (Wildman–Crippen LogP) is 2.12. The highest BCUT2D eigenvalue weighted by Crippen LogP contribution is 2.21. The highest BCUT2D eigenvalue weighted by molar-refractivity contribution is 6.30. The molecule has 1 aromatic carbocycles. The first-order valence-corrected chi connectivity index (χ1v) is 4.97. The van der Waals surface area contributed by atoms with Crippen LogP contribution in [0.15, 0.2) is 18.2 Å². The van der Waals surface area contributed by atoms with Crippen LogP contribution in [0.1, 0.15) is 12.5 Å². The first kappa shape index (κ1) is 12.5. The molecule has 0 fully saturated rings. The van der Waals surface area contributed by atoms with Gasteiger partial charge in [-0.2, -0.15) is 0 Å². The summed E-state index contributed by atoms with van der Waals surface area (Å²) in [5.74, 6) is -0.840. The van der Waals surface area contributed by atoms with Gasteiger partial charge in [-0.15, -0.1) is 0 Å². The molecule has 0 saturated heterocycles. The van der Waals surface area contributed by atoms with E-state index in [0.29, 0.717) is 10.8 Å². The van der Waals surface area contributed by atoms with Crippen molar-refractivity contribution in [3.05, 3.63) is 28.8 Å². The Hall–Kier alpha value is -1.55. The Bertz CT molecular complexity index is 414. The fourth-order valence-corrected chi connectivity index (χ4v) is 1.33. The number of halogens is 1. The fraction of sp³-hybridized carbons (Fsp3) is 0.273. The van der Waals surface area contributed by atoms with Gasteiger partial charge in [-0.25, -0.2) is 4.79 Å². The van der Waals surface area contributed by atoms with Crippen molar-refractivity contribution in [1.29, 1.82) is 0 Å². The fourth-order valence-electron chi connectivity index (χ4n) is 1.10. The molecule has 0 saturated carbocycles. The number of carbonyl (C=O) groups is 2. The van der Waals surface area contributed by atoms with E-state index < -0.39 is 11.9 Å². The van der Waals surface area contributed by atoms with Crippen LogP contribution in [-0.4, -0.2) is 18.5 Å². The molecule has 0 amide bonds. The van der Waals surface area contributed by atoms with Gasteiger partial charge in [0.15, 0.2) is 6.61 Å². The van der Waals surface area contributed by atoms with Gasteiger partial charge in [0.2, 0.25) is 0 Å². The van der Waals surface area contributed by atoms with Crippen molar-refractivity contribution < 1.29 is 19.1 Å². The second kappa shape index (κ2) is 5.51. The Kier molecular flexibility index (Phi) is 4.31. The minimum absolute atomic E-state index is 0.304. The molecule has 1 rings (SSSR count). The Morgan fingerprint density at radius 2 is 2.06 bits per heavy atom. The summed E-state index contributed by atoms with van der Waals surface area (Å²) >= 11 is 5.76. The molecule has 86 valence electrons. The van der Waals surface area contributed by atoms with E-state index in [0.717, 1.165) is 12.5 Å². The average Bonchev–Trinajstić information content (AvgIpc) is 2.15. The lowest BCUT2D eigenvalue weighted by Gasteiger charge is -2.07. The molecule has 0 spiro atoms. The lowest BCUT2D eigenvalue weighted by atomic mass is 10.2. The number of hydrogen-bond acceptors (Lipinski definition) is 4. The van der Waals surface area contributed by atoms with Gasteiger partial charge in [0.25, 0.3) is 0 Å². The van der Waals surface area contributed by atoms with Crippen LogP contribution < -0.4 is 4.74 Å². The van der Waals surface area contributed by atoms with Crippen molar-refractivity contribution >= 4 is 23.5 Å². The number of ether oxygens (including phenoxy) is 2. The number of carbonyl (C=O) groups excluding carboxylic acids is 2. The number of rotatable bonds is 3. The molecule has 0 heterocycles. The zero-order chi connectivity index (χ0) is 12.1. The molecule has 0 aliphatic rings. The molecule has 0 N–H and O–H groups in total. The Balaban J connectivity index is 2.54. The largest absolute Gasteiger partial charge is 0.482 e. The van der Waals surface area contributed by atoms with E-state index in [1.165, 1.54) is 0 Å². The molecule has 0 aliphatic heterocycles. The van der Waals surface area contributed by atoms with Gasteiger partial charge in [-0.05, 0) is 30.7 Å². The van der Waals surface area contributed by atoms with Gasteiger partial charge in [-0.3, -0.25) is 4.79 Å². The molecule has 0 unspecified atom stereocenters. The van der Waals surface area contributed by atoms with E-state index in [9.17, 15) is 9.59 Å². The van der Waals surface area contributed by atoms with Crippen molar-refractivity contribution in [3.8, 4) is 5.75 Å². The number of esters is 2. The summed E-state index contributed by atoms with van der Waals surface area (Å²) in [5.41, 5.74) is 0.808. The summed E-state index contributed by atoms with van der Waals surface area (Å²) in [4.78, 5) is 21.5. The zero-order valence-electron chi connectivity index (χ0n) is 8.95. The first-order valence-electron chi connectivity index (χ1n) is 4.59. The topological polar surface area (TPSA) is 52.6 Å². The average molecular weight is 243 g/mol. The molecule has 0 radical (unpaired) electrons. The van der Waals surface area contributed by atoms with Gasteiger partial charge in [0, 0.05) is 11.9 Å². The maximum absolute atomic E-state index is 11.0. The van der Waals surface area contributed by atoms with Crippen LogP contribution in [0.4, 0.5) is 0 Å². The Morgan fingerprint density at radius 3 is 2.62 bits per heavy atom. The molecule has 0 atom stereocenters. The summed E-state index contributed by atoms with van der Waals surface area (Å²) in [5, 5.41) is 0.594. The minimum atomic E-state index is -0.721. The molecule has 5 heteroatoms. The van der Waals surface area contributed by atoms with Gasteiger partial charge >= 0.3 is 11.9 Å². The Labute approximate surface area is 98.1 Å². The van der Waals surface area contributed by atoms with Crippen LogP contribution in [0.25, 0.3) is 0 Å². The van der Waals surface area contributed by atoms with E-state index in [2.05, 4.69) is 4.74 Å². The third-order valence-electron chi connectivity index (χ3n) is 1.74. The van der Waals surface area contributed by atoms with Crippen LogP contribution >= 0.6 is 11.6 Å². The highest BCUT2D eigenvalue weighted by Gasteiger charge is 2.08. The van der Waals surface area contributed by atoms with E-state index >= 15 is 0 Å². The normalized spacial score (nSPS) is 9.69. The molecule has 16 heavy (non-hydrogen) atoms. The van der Waals surface area contributed by atoms with Crippen LogP contribution in [0, 0.1) is 6.92 Å². The van der Waals surface area contributed by atoms with Crippen LogP contribution in [0.5, 0.6) is 5.75 Å². The predicted molar refractivity (Wildman–Crippen MR) is 58.5 cm³/mol. The SMILES string of the molecule is CC(=O)OC(=O)COc1ccc(Cl)cc1C.